The van der Waals surface area contributed by atoms with Crippen LogP contribution in [-0.2, 0) is 35.9 Å². The number of aliphatic hydroxyl groups is 3. The van der Waals surface area contributed by atoms with Crippen LogP contribution in [-0.4, -0.2) is 83.3 Å². The van der Waals surface area contributed by atoms with Crippen LogP contribution in [0.2, 0.25) is 0 Å². The van der Waals surface area contributed by atoms with Gasteiger partial charge in [0, 0.05) is 12.3 Å². The standard InChI is InChI=1S/C26H34F3N6O9PS/c1-24(2,12-36)22(39)46-9-8-42-45(41,32-10-14-4-6-15(7-5-14)26(27,28)29)43-11-16-18(37)25(3,40)21(44-16)35-13-31-17-19(35)33-23(30)34-20(17)38/h4-7,13,16,18,21,36-37,40H,8-12H2,1-3H3,(H,32,41)(H3,30,33,34,38). The molecule has 0 spiro atoms. The molecule has 0 radical (unpaired) electrons. The van der Waals surface area contributed by atoms with Crippen molar-refractivity contribution in [3.63, 3.8) is 0 Å². The van der Waals surface area contributed by atoms with Gasteiger partial charge in [0.1, 0.15) is 17.8 Å². The van der Waals surface area contributed by atoms with E-state index in [0.29, 0.717) is 5.56 Å². The number of thioether (sulfide) groups is 1. The molecule has 1 fully saturated rings. The van der Waals surface area contributed by atoms with Crippen LogP contribution < -0.4 is 16.4 Å². The summed E-state index contributed by atoms with van der Waals surface area (Å²) in [6, 6.07) is 4.07. The van der Waals surface area contributed by atoms with Crippen molar-refractivity contribution in [1.29, 1.82) is 0 Å². The summed E-state index contributed by atoms with van der Waals surface area (Å²) >= 11 is 0.831. The van der Waals surface area contributed by atoms with Gasteiger partial charge in [-0.3, -0.25) is 28.2 Å². The van der Waals surface area contributed by atoms with E-state index in [4.69, 9.17) is 19.5 Å². The fourth-order valence-corrected chi connectivity index (χ4v) is 6.58. The first-order chi connectivity index (χ1) is 21.4. The smallest absolute Gasteiger partial charge is 0.395 e. The molecule has 1 saturated heterocycles. The highest BCUT2D eigenvalue weighted by Crippen LogP contribution is 2.47. The number of nitrogens with two attached hydrogens (primary N) is 1. The predicted octanol–water partition coefficient (Wildman–Crippen LogP) is 1.94. The van der Waals surface area contributed by atoms with E-state index in [2.05, 4.69) is 20.0 Å². The first kappa shape index (κ1) is 36.0. The molecule has 15 nitrogen and oxygen atoms in total. The minimum absolute atomic E-state index is 0.0138. The van der Waals surface area contributed by atoms with Gasteiger partial charge in [0.05, 0.1) is 37.1 Å². The van der Waals surface area contributed by atoms with Crippen molar-refractivity contribution in [2.24, 2.45) is 5.41 Å². The fourth-order valence-electron chi connectivity index (χ4n) is 4.34. The third kappa shape index (κ3) is 7.98. The number of carbonyl (C=O) groups excluding carboxylic acids is 1. The summed E-state index contributed by atoms with van der Waals surface area (Å²) in [7, 11) is -4.30. The van der Waals surface area contributed by atoms with Gasteiger partial charge in [-0.05, 0) is 38.5 Å². The number of aliphatic hydroxyl groups excluding tert-OH is 2. The number of fused-ring (bicyclic) bond motifs is 1. The molecule has 20 heteroatoms. The molecule has 7 N–H and O–H groups in total. The largest absolute Gasteiger partial charge is 0.416 e. The van der Waals surface area contributed by atoms with Gasteiger partial charge in [-0.25, -0.2) is 14.6 Å². The maximum atomic E-state index is 13.7. The number of hydrogen-bond donors (Lipinski definition) is 6. The summed E-state index contributed by atoms with van der Waals surface area (Å²) in [5.41, 5.74) is 1.27. The zero-order chi connectivity index (χ0) is 34.1. The summed E-state index contributed by atoms with van der Waals surface area (Å²) in [4.78, 5) is 34.8. The number of halogens is 3. The van der Waals surface area contributed by atoms with E-state index in [0.717, 1.165) is 30.2 Å². The molecule has 5 atom stereocenters. The van der Waals surface area contributed by atoms with Crippen molar-refractivity contribution in [1.82, 2.24) is 24.6 Å². The van der Waals surface area contributed by atoms with Gasteiger partial charge in [-0.1, -0.05) is 23.9 Å². The number of alkyl halides is 3. The molecule has 1 aliphatic heterocycles. The third-order valence-corrected chi connectivity index (χ3v) is 9.89. The van der Waals surface area contributed by atoms with Crippen molar-refractivity contribution >= 4 is 41.7 Å². The number of carbonyl (C=O) groups is 1. The van der Waals surface area contributed by atoms with Crippen molar-refractivity contribution in [2.75, 3.05) is 31.3 Å². The molecule has 0 amide bonds. The van der Waals surface area contributed by atoms with Gasteiger partial charge in [-0.2, -0.15) is 18.2 Å². The van der Waals surface area contributed by atoms with E-state index in [9.17, 15) is 42.6 Å². The molecule has 3 aromatic rings. The van der Waals surface area contributed by atoms with E-state index < -0.39 is 61.1 Å². The average molecular weight is 695 g/mol. The van der Waals surface area contributed by atoms with Crippen LogP contribution in [0.25, 0.3) is 11.2 Å². The molecule has 4 rings (SSSR count). The van der Waals surface area contributed by atoms with Crippen LogP contribution in [0.4, 0.5) is 19.1 Å². The van der Waals surface area contributed by atoms with Crippen LogP contribution in [0.5, 0.6) is 0 Å². The number of ether oxygens (including phenoxy) is 1. The zero-order valence-electron chi connectivity index (χ0n) is 24.9. The summed E-state index contributed by atoms with van der Waals surface area (Å²) < 4.78 is 70.7. The van der Waals surface area contributed by atoms with E-state index in [-0.39, 0.29) is 47.7 Å². The topological polar surface area (TPSA) is 224 Å². The molecule has 3 heterocycles. The first-order valence-electron chi connectivity index (χ1n) is 13.7. The molecular weight excluding hydrogens is 660 g/mol. The Balaban J connectivity index is 1.48. The van der Waals surface area contributed by atoms with E-state index >= 15 is 0 Å². The Morgan fingerprint density at radius 3 is 2.59 bits per heavy atom. The van der Waals surface area contributed by atoms with E-state index in [1.165, 1.54) is 23.6 Å². The van der Waals surface area contributed by atoms with Gasteiger partial charge >= 0.3 is 13.9 Å². The second-order valence-corrected chi connectivity index (χ2v) is 14.2. The minimum Gasteiger partial charge on any atom is -0.395 e. The second-order valence-electron chi connectivity index (χ2n) is 11.3. The van der Waals surface area contributed by atoms with Crippen molar-refractivity contribution in [3.8, 4) is 0 Å². The highest BCUT2D eigenvalue weighted by molar-refractivity contribution is 8.13. The van der Waals surface area contributed by atoms with E-state index in [1.807, 2.05) is 0 Å². The van der Waals surface area contributed by atoms with Crippen LogP contribution in [0, 0.1) is 5.41 Å². The number of aromatic amines is 1. The summed E-state index contributed by atoms with van der Waals surface area (Å²) in [6.45, 7) is 2.81. The lowest BCUT2D eigenvalue weighted by Crippen LogP contribution is -2.44. The highest BCUT2D eigenvalue weighted by Gasteiger charge is 2.54. The fraction of sp³-hybridized carbons (Fsp3) is 0.538. The van der Waals surface area contributed by atoms with Crippen LogP contribution in [0.1, 0.15) is 38.1 Å². The zero-order valence-corrected chi connectivity index (χ0v) is 26.6. The third-order valence-electron chi connectivity index (χ3n) is 7.15. The Bertz CT molecular complexity index is 1650. The number of nitrogens with zero attached hydrogens (tertiary/aromatic N) is 3. The number of anilines is 1. The maximum Gasteiger partial charge on any atom is 0.416 e. The number of nitrogen functional groups attached to an aromatic ring is 1. The number of H-pyrrole nitrogens is 1. The first-order valence-corrected chi connectivity index (χ1v) is 16.3. The average Bonchev–Trinajstić information content (AvgIpc) is 3.50. The lowest BCUT2D eigenvalue weighted by atomic mass is 9.96. The highest BCUT2D eigenvalue weighted by atomic mass is 32.2. The molecule has 1 aromatic carbocycles. The number of aromatic nitrogens is 4. The Hall–Kier alpha value is -2.87. The molecule has 5 unspecified atom stereocenters. The second kappa shape index (κ2) is 13.7. The van der Waals surface area contributed by atoms with Gasteiger partial charge in [-0.15, -0.1) is 0 Å². The number of nitrogens with one attached hydrogen (secondary N) is 2. The van der Waals surface area contributed by atoms with Crippen molar-refractivity contribution in [2.45, 2.75) is 57.5 Å². The molecule has 0 saturated carbocycles. The SMILES string of the molecule is CC(C)(CO)C(=O)SCCOP(=O)(NCc1ccc(C(F)(F)F)cc1)OCC1OC(n2cnc3c(=O)[nH]c(N)nc32)C(C)(O)C1O. The van der Waals surface area contributed by atoms with Crippen LogP contribution in [0.15, 0.2) is 35.4 Å². The normalized spacial score (nSPS) is 23.5. The number of hydrogen-bond acceptors (Lipinski definition) is 13. The number of benzene rings is 1. The maximum absolute atomic E-state index is 13.7. The summed E-state index contributed by atoms with van der Waals surface area (Å²) in [5.74, 6) is -0.214. The molecule has 254 valence electrons. The van der Waals surface area contributed by atoms with Crippen LogP contribution in [0.3, 0.4) is 0 Å². The Morgan fingerprint density at radius 2 is 1.96 bits per heavy atom. The number of imidazole rings is 1. The lowest BCUT2D eigenvalue weighted by Gasteiger charge is -2.27. The summed E-state index contributed by atoms with van der Waals surface area (Å²) in [6.07, 6.45) is -7.68. The van der Waals surface area contributed by atoms with Gasteiger partial charge in [0.25, 0.3) is 5.56 Å². The van der Waals surface area contributed by atoms with Crippen LogP contribution >= 0.6 is 19.5 Å². The molecule has 0 aliphatic carbocycles. The van der Waals surface area contributed by atoms with Gasteiger partial charge in [0.2, 0.25) is 5.95 Å². The minimum atomic E-state index is -4.55. The predicted molar refractivity (Wildman–Crippen MR) is 159 cm³/mol. The summed E-state index contributed by atoms with van der Waals surface area (Å²) in [5, 5.41) is 33.7. The molecule has 46 heavy (non-hydrogen) atoms. The van der Waals surface area contributed by atoms with E-state index in [1.54, 1.807) is 13.8 Å². The Kier molecular flexibility index (Phi) is 10.7. The number of rotatable bonds is 13. The Morgan fingerprint density at radius 1 is 1.28 bits per heavy atom. The molecule has 1 aliphatic rings. The molecular formula is C26H34F3N6O9PS. The quantitative estimate of drug-likeness (QED) is 0.111. The van der Waals surface area contributed by atoms with Crippen molar-refractivity contribution < 1.29 is 51.6 Å². The molecule has 2 aromatic heterocycles. The molecule has 0 bridgehead atoms. The lowest BCUT2D eigenvalue weighted by molar-refractivity contribution is -0.137. The monoisotopic (exact) mass is 694 g/mol. The Labute approximate surface area is 264 Å². The van der Waals surface area contributed by atoms with Gasteiger partial charge < -0.3 is 25.8 Å². The van der Waals surface area contributed by atoms with Crippen molar-refractivity contribution in [3.05, 3.63) is 52.1 Å². The van der Waals surface area contributed by atoms with Gasteiger partial charge in [0.15, 0.2) is 22.5 Å².